The molecule has 1 rings (SSSR count). The van der Waals surface area contributed by atoms with Crippen LogP contribution in [0.1, 0.15) is 39.5 Å². The lowest BCUT2D eigenvalue weighted by atomic mass is 10.2. The zero-order chi connectivity index (χ0) is 11.1. The van der Waals surface area contributed by atoms with E-state index in [0.717, 1.165) is 12.2 Å². The summed E-state index contributed by atoms with van der Waals surface area (Å²) in [6.45, 7) is 4.53. The number of hydrogen-bond donors (Lipinski definition) is 1. The zero-order valence-electron chi connectivity index (χ0n) is 9.62. The molecule has 0 saturated carbocycles. The Bertz CT molecular complexity index is 199. The largest absolute Gasteiger partial charge is 0.465 e. The van der Waals surface area contributed by atoms with E-state index in [0.29, 0.717) is 12.0 Å². The fourth-order valence-corrected chi connectivity index (χ4v) is 2.91. The monoisotopic (exact) mass is 231 g/mol. The highest BCUT2D eigenvalue weighted by atomic mass is 32.2. The number of carbonyl (C=O) groups is 1. The van der Waals surface area contributed by atoms with Crippen LogP contribution in [0.3, 0.4) is 0 Å². The zero-order valence-corrected chi connectivity index (χ0v) is 10.4. The molecule has 1 heterocycles. The fraction of sp³-hybridized carbons (Fsp3) is 0.909. The molecule has 1 N–H and O–H groups in total. The topological polar surface area (TPSA) is 38.3 Å². The summed E-state index contributed by atoms with van der Waals surface area (Å²) >= 11 is 1.84. The van der Waals surface area contributed by atoms with Gasteiger partial charge in [-0.15, -0.1) is 11.8 Å². The van der Waals surface area contributed by atoms with Crippen LogP contribution in [0.15, 0.2) is 0 Å². The minimum absolute atomic E-state index is 0.0819. The third kappa shape index (κ3) is 4.43. The second kappa shape index (κ2) is 7.12. The maximum absolute atomic E-state index is 11.4. The molecule has 2 atom stereocenters. The van der Waals surface area contributed by atoms with E-state index in [1.54, 1.807) is 0 Å². The van der Waals surface area contributed by atoms with Gasteiger partial charge in [0, 0.05) is 5.75 Å². The standard InChI is InChI=1S/C11H21NO2S/c1-3-5-6-7-10-12-9(8-15-10)11(13)14-4-2/h9-10,12H,3-8H2,1-2H3. The van der Waals surface area contributed by atoms with Gasteiger partial charge in [-0.05, 0) is 13.3 Å². The lowest BCUT2D eigenvalue weighted by Gasteiger charge is -2.11. The van der Waals surface area contributed by atoms with Crippen LogP contribution in [0, 0.1) is 0 Å². The van der Waals surface area contributed by atoms with E-state index in [9.17, 15) is 4.79 Å². The lowest BCUT2D eigenvalue weighted by Crippen LogP contribution is -2.37. The molecule has 0 aliphatic carbocycles. The molecule has 0 bridgehead atoms. The smallest absolute Gasteiger partial charge is 0.324 e. The Labute approximate surface area is 96.3 Å². The first-order valence-electron chi connectivity index (χ1n) is 5.82. The maximum Gasteiger partial charge on any atom is 0.324 e. The van der Waals surface area contributed by atoms with Crippen LogP contribution in [0.25, 0.3) is 0 Å². The van der Waals surface area contributed by atoms with E-state index in [1.807, 2.05) is 18.7 Å². The van der Waals surface area contributed by atoms with Crippen molar-refractivity contribution in [3.05, 3.63) is 0 Å². The Morgan fingerprint density at radius 2 is 2.27 bits per heavy atom. The van der Waals surface area contributed by atoms with Gasteiger partial charge in [-0.1, -0.05) is 26.2 Å². The summed E-state index contributed by atoms with van der Waals surface area (Å²) in [5, 5.41) is 3.77. The molecule has 4 heteroatoms. The molecule has 0 aromatic heterocycles. The number of ether oxygens (including phenoxy) is 1. The van der Waals surface area contributed by atoms with Crippen LogP contribution in [0.4, 0.5) is 0 Å². The van der Waals surface area contributed by atoms with Crippen molar-refractivity contribution in [1.82, 2.24) is 5.32 Å². The van der Waals surface area contributed by atoms with E-state index in [1.165, 1.54) is 19.3 Å². The number of nitrogens with one attached hydrogen (secondary N) is 1. The summed E-state index contributed by atoms with van der Waals surface area (Å²) in [7, 11) is 0. The van der Waals surface area contributed by atoms with Crippen LogP contribution in [0.2, 0.25) is 0 Å². The van der Waals surface area contributed by atoms with Gasteiger partial charge in [0.1, 0.15) is 6.04 Å². The van der Waals surface area contributed by atoms with E-state index < -0.39 is 0 Å². The average Bonchev–Trinajstić information content (AvgIpc) is 2.67. The molecule has 1 saturated heterocycles. The second-order valence-corrected chi connectivity index (χ2v) is 5.02. The molecular weight excluding hydrogens is 210 g/mol. The van der Waals surface area contributed by atoms with Crippen molar-refractivity contribution in [2.24, 2.45) is 0 Å². The normalized spacial score (nSPS) is 25.5. The first-order valence-corrected chi connectivity index (χ1v) is 6.87. The predicted molar refractivity (Wildman–Crippen MR) is 63.9 cm³/mol. The molecule has 88 valence electrons. The van der Waals surface area contributed by atoms with Crippen molar-refractivity contribution >= 4 is 17.7 Å². The molecule has 0 aromatic rings. The van der Waals surface area contributed by atoms with Gasteiger partial charge in [-0.2, -0.15) is 0 Å². The van der Waals surface area contributed by atoms with Crippen LogP contribution in [-0.2, 0) is 9.53 Å². The molecule has 0 radical (unpaired) electrons. The van der Waals surface area contributed by atoms with Gasteiger partial charge in [0.05, 0.1) is 12.0 Å². The molecule has 2 unspecified atom stereocenters. The quantitative estimate of drug-likeness (QED) is 0.561. The summed E-state index contributed by atoms with van der Waals surface area (Å²) < 4.78 is 4.98. The van der Waals surface area contributed by atoms with Gasteiger partial charge in [0.15, 0.2) is 0 Å². The van der Waals surface area contributed by atoms with Gasteiger partial charge in [-0.25, -0.2) is 0 Å². The third-order valence-corrected chi connectivity index (χ3v) is 3.79. The summed E-state index contributed by atoms with van der Waals surface area (Å²) in [5.74, 6) is 0.762. The number of rotatable bonds is 6. The average molecular weight is 231 g/mol. The Balaban J connectivity index is 2.17. The maximum atomic E-state index is 11.4. The van der Waals surface area contributed by atoms with Gasteiger partial charge in [-0.3, -0.25) is 10.1 Å². The lowest BCUT2D eigenvalue weighted by molar-refractivity contribution is -0.144. The van der Waals surface area contributed by atoms with Crippen molar-refractivity contribution < 1.29 is 9.53 Å². The number of thioether (sulfide) groups is 1. The SMILES string of the molecule is CCCCCC1NC(C(=O)OCC)CS1. The first kappa shape index (κ1) is 12.8. The highest BCUT2D eigenvalue weighted by Crippen LogP contribution is 2.23. The molecule has 3 nitrogen and oxygen atoms in total. The van der Waals surface area contributed by atoms with Crippen LogP contribution in [0.5, 0.6) is 0 Å². The number of carbonyl (C=O) groups excluding carboxylic acids is 1. The number of unbranched alkanes of at least 4 members (excludes halogenated alkanes) is 2. The van der Waals surface area contributed by atoms with Crippen molar-refractivity contribution in [3.63, 3.8) is 0 Å². The molecule has 1 aliphatic heterocycles. The van der Waals surface area contributed by atoms with Crippen molar-refractivity contribution in [3.8, 4) is 0 Å². The van der Waals surface area contributed by atoms with E-state index in [2.05, 4.69) is 12.2 Å². The van der Waals surface area contributed by atoms with E-state index in [4.69, 9.17) is 4.74 Å². The second-order valence-electron chi connectivity index (χ2n) is 3.79. The molecule has 1 fully saturated rings. The summed E-state index contributed by atoms with van der Waals surface area (Å²) in [4.78, 5) is 11.4. The van der Waals surface area contributed by atoms with Crippen LogP contribution >= 0.6 is 11.8 Å². The van der Waals surface area contributed by atoms with Crippen LogP contribution < -0.4 is 5.32 Å². The van der Waals surface area contributed by atoms with E-state index >= 15 is 0 Å². The predicted octanol–water partition coefficient (Wildman–Crippen LogP) is 2.16. The Morgan fingerprint density at radius 1 is 1.47 bits per heavy atom. The highest BCUT2D eigenvalue weighted by molar-refractivity contribution is 8.00. The summed E-state index contributed by atoms with van der Waals surface area (Å²) in [5.41, 5.74) is 0. The highest BCUT2D eigenvalue weighted by Gasteiger charge is 2.29. The van der Waals surface area contributed by atoms with Crippen molar-refractivity contribution in [1.29, 1.82) is 0 Å². The molecule has 15 heavy (non-hydrogen) atoms. The fourth-order valence-electron chi connectivity index (χ4n) is 1.66. The Hall–Kier alpha value is -0.220. The number of hydrogen-bond acceptors (Lipinski definition) is 4. The van der Waals surface area contributed by atoms with Gasteiger partial charge in [0.2, 0.25) is 0 Å². The Morgan fingerprint density at radius 3 is 2.93 bits per heavy atom. The minimum atomic E-state index is -0.0945. The van der Waals surface area contributed by atoms with Gasteiger partial charge >= 0.3 is 5.97 Å². The molecule has 0 aromatic carbocycles. The molecular formula is C11H21NO2S. The van der Waals surface area contributed by atoms with Gasteiger partial charge in [0.25, 0.3) is 0 Å². The molecule has 1 aliphatic rings. The minimum Gasteiger partial charge on any atom is -0.465 e. The van der Waals surface area contributed by atoms with Crippen LogP contribution in [-0.4, -0.2) is 29.7 Å². The molecule has 0 amide bonds. The van der Waals surface area contributed by atoms with Gasteiger partial charge < -0.3 is 4.74 Å². The third-order valence-electron chi connectivity index (χ3n) is 2.49. The summed E-state index contributed by atoms with van der Waals surface area (Å²) in [6, 6.07) is -0.0819. The van der Waals surface area contributed by atoms with E-state index in [-0.39, 0.29) is 12.0 Å². The first-order chi connectivity index (χ1) is 7.27. The van der Waals surface area contributed by atoms with Crippen molar-refractivity contribution in [2.75, 3.05) is 12.4 Å². The van der Waals surface area contributed by atoms with Crippen molar-refractivity contribution in [2.45, 2.75) is 50.9 Å². The number of esters is 1. The molecule has 0 spiro atoms. The summed E-state index contributed by atoms with van der Waals surface area (Å²) in [6.07, 6.45) is 4.94. The Kier molecular flexibility index (Phi) is 6.10.